The fraction of sp³-hybridized carbons (Fsp3) is 0.929. The smallest absolute Gasteiger partial charge is 0.412 e. The van der Waals surface area contributed by atoms with Crippen LogP contribution in [0.15, 0.2) is 0 Å². The van der Waals surface area contributed by atoms with Crippen LogP contribution in [0.3, 0.4) is 0 Å². The van der Waals surface area contributed by atoms with E-state index in [2.05, 4.69) is 4.90 Å². The van der Waals surface area contributed by atoms with E-state index in [1.54, 1.807) is 4.90 Å². The van der Waals surface area contributed by atoms with Crippen molar-refractivity contribution in [1.82, 2.24) is 9.80 Å². The molecule has 1 aliphatic heterocycles. The number of carbonyl (C=O) groups excluding carboxylic acids is 1. The van der Waals surface area contributed by atoms with Crippen LogP contribution in [0.2, 0.25) is 0 Å². The van der Waals surface area contributed by atoms with Gasteiger partial charge in [0.1, 0.15) is 5.72 Å². The molecule has 1 fully saturated rings. The fourth-order valence-electron chi connectivity index (χ4n) is 2.43. The van der Waals surface area contributed by atoms with Crippen LogP contribution in [0.25, 0.3) is 0 Å². The number of carbonyl (C=O) groups is 1. The van der Waals surface area contributed by atoms with Crippen molar-refractivity contribution in [3.8, 4) is 0 Å². The van der Waals surface area contributed by atoms with Gasteiger partial charge in [-0.1, -0.05) is 0 Å². The van der Waals surface area contributed by atoms with Crippen LogP contribution >= 0.6 is 0 Å². The highest BCUT2D eigenvalue weighted by Crippen LogP contribution is 2.34. The Labute approximate surface area is 116 Å². The lowest BCUT2D eigenvalue weighted by atomic mass is 10.0. The summed E-state index contributed by atoms with van der Waals surface area (Å²) in [5.74, 6) is 0. The van der Waals surface area contributed by atoms with E-state index in [9.17, 15) is 4.79 Å². The molecule has 0 saturated carbocycles. The third-order valence-electron chi connectivity index (χ3n) is 3.33. The van der Waals surface area contributed by atoms with E-state index >= 15 is 0 Å². The first kappa shape index (κ1) is 16.2. The molecule has 1 rings (SSSR count). The molecule has 0 aromatic rings. The van der Waals surface area contributed by atoms with Crippen molar-refractivity contribution in [3.05, 3.63) is 0 Å². The van der Waals surface area contributed by atoms with Gasteiger partial charge in [-0.15, -0.1) is 0 Å². The number of unbranched alkanes of at least 4 members (excludes halogenated alkanes) is 1. The van der Waals surface area contributed by atoms with Crippen molar-refractivity contribution in [3.63, 3.8) is 0 Å². The molecule has 0 bridgehead atoms. The lowest BCUT2D eigenvalue weighted by Crippen LogP contribution is -2.52. The van der Waals surface area contributed by atoms with Crippen LogP contribution in [-0.4, -0.2) is 61.0 Å². The molecule has 1 saturated heterocycles. The summed E-state index contributed by atoms with van der Waals surface area (Å²) in [7, 11) is 4.08. The Balaban J connectivity index is 2.40. The predicted molar refractivity (Wildman–Crippen MR) is 75.1 cm³/mol. The van der Waals surface area contributed by atoms with Crippen molar-refractivity contribution in [2.45, 2.75) is 51.8 Å². The van der Waals surface area contributed by atoms with Crippen molar-refractivity contribution < 1.29 is 14.3 Å². The average Bonchev–Trinajstić information content (AvgIpc) is 2.47. The molecule has 0 spiro atoms. The standard InChI is InChI=1S/C14H28N2O3/c1-13(2)11-19-14(3,4)16(13)12(17)18-10-8-7-9-15(5)6/h7-11H2,1-6H3. The monoisotopic (exact) mass is 272 g/mol. The molecule has 0 aliphatic carbocycles. The molecule has 0 aromatic carbocycles. The van der Waals surface area contributed by atoms with Gasteiger partial charge in [0.2, 0.25) is 0 Å². The third-order valence-corrected chi connectivity index (χ3v) is 3.33. The van der Waals surface area contributed by atoms with Gasteiger partial charge >= 0.3 is 6.09 Å². The summed E-state index contributed by atoms with van der Waals surface area (Å²) in [5, 5.41) is 0. The van der Waals surface area contributed by atoms with Crippen molar-refractivity contribution in [1.29, 1.82) is 0 Å². The molecule has 0 N–H and O–H groups in total. The van der Waals surface area contributed by atoms with Crippen LogP contribution in [0.5, 0.6) is 0 Å². The molecular weight excluding hydrogens is 244 g/mol. The zero-order valence-corrected chi connectivity index (χ0v) is 13.2. The number of hydrogen-bond acceptors (Lipinski definition) is 4. The van der Waals surface area contributed by atoms with Gasteiger partial charge in [0, 0.05) is 0 Å². The quantitative estimate of drug-likeness (QED) is 0.720. The first-order chi connectivity index (χ1) is 8.67. The zero-order valence-electron chi connectivity index (χ0n) is 13.2. The topological polar surface area (TPSA) is 42.0 Å². The van der Waals surface area contributed by atoms with Crippen molar-refractivity contribution in [2.24, 2.45) is 0 Å². The van der Waals surface area contributed by atoms with Gasteiger partial charge in [-0.05, 0) is 61.2 Å². The van der Waals surface area contributed by atoms with E-state index in [4.69, 9.17) is 9.47 Å². The van der Waals surface area contributed by atoms with Crippen LogP contribution < -0.4 is 0 Å². The lowest BCUT2D eigenvalue weighted by Gasteiger charge is -2.36. The molecule has 0 unspecified atom stereocenters. The second kappa shape index (κ2) is 6.09. The maximum atomic E-state index is 12.2. The van der Waals surface area contributed by atoms with E-state index in [0.717, 1.165) is 19.4 Å². The van der Waals surface area contributed by atoms with Crippen LogP contribution in [0, 0.1) is 0 Å². The maximum absolute atomic E-state index is 12.2. The Morgan fingerprint density at radius 1 is 1.26 bits per heavy atom. The molecule has 0 radical (unpaired) electrons. The molecule has 5 heteroatoms. The second-order valence-electron chi connectivity index (χ2n) is 6.51. The molecule has 0 atom stereocenters. The Hall–Kier alpha value is -0.810. The molecule has 1 heterocycles. The second-order valence-corrected chi connectivity index (χ2v) is 6.51. The number of ether oxygens (including phenoxy) is 2. The van der Waals surface area contributed by atoms with Crippen LogP contribution in [0.4, 0.5) is 4.79 Å². The normalized spacial score (nSPS) is 20.9. The minimum Gasteiger partial charge on any atom is -0.449 e. The van der Waals surface area contributed by atoms with Crippen molar-refractivity contribution >= 4 is 6.09 Å². The first-order valence-electron chi connectivity index (χ1n) is 6.92. The summed E-state index contributed by atoms with van der Waals surface area (Å²) in [5.41, 5.74) is -0.908. The van der Waals surface area contributed by atoms with Gasteiger partial charge in [-0.2, -0.15) is 0 Å². The molecular formula is C14H28N2O3. The summed E-state index contributed by atoms with van der Waals surface area (Å²) < 4.78 is 11.0. The van der Waals surface area contributed by atoms with Gasteiger partial charge in [0.15, 0.2) is 0 Å². The minimum atomic E-state index is -0.593. The molecule has 1 aliphatic rings. The fourth-order valence-corrected chi connectivity index (χ4v) is 2.43. The van der Waals surface area contributed by atoms with Crippen molar-refractivity contribution in [2.75, 3.05) is 33.9 Å². The summed E-state index contributed by atoms with van der Waals surface area (Å²) >= 11 is 0. The highest BCUT2D eigenvalue weighted by molar-refractivity contribution is 5.69. The molecule has 112 valence electrons. The molecule has 5 nitrogen and oxygen atoms in total. The summed E-state index contributed by atoms with van der Waals surface area (Å²) in [6.07, 6.45) is 1.64. The largest absolute Gasteiger partial charge is 0.449 e. The number of rotatable bonds is 5. The zero-order chi connectivity index (χ0) is 14.7. The summed E-state index contributed by atoms with van der Waals surface area (Å²) in [4.78, 5) is 16.0. The van der Waals surface area contributed by atoms with Crippen LogP contribution in [0.1, 0.15) is 40.5 Å². The molecule has 1 amide bonds. The van der Waals surface area contributed by atoms with Gasteiger partial charge < -0.3 is 14.4 Å². The van der Waals surface area contributed by atoms with E-state index in [0.29, 0.717) is 13.2 Å². The van der Waals surface area contributed by atoms with Crippen LogP contribution in [-0.2, 0) is 9.47 Å². The third kappa shape index (κ3) is 4.35. The van der Waals surface area contributed by atoms with E-state index in [1.807, 2.05) is 41.8 Å². The van der Waals surface area contributed by atoms with E-state index in [1.165, 1.54) is 0 Å². The van der Waals surface area contributed by atoms with Gasteiger partial charge in [0.25, 0.3) is 0 Å². The van der Waals surface area contributed by atoms with E-state index in [-0.39, 0.29) is 11.6 Å². The van der Waals surface area contributed by atoms with Gasteiger partial charge in [0.05, 0.1) is 18.8 Å². The lowest BCUT2D eigenvalue weighted by molar-refractivity contribution is -0.0519. The van der Waals surface area contributed by atoms with Gasteiger partial charge in [-0.25, -0.2) is 4.79 Å². The maximum Gasteiger partial charge on any atom is 0.412 e. The first-order valence-corrected chi connectivity index (χ1v) is 6.92. The molecule has 0 aromatic heterocycles. The summed E-state index contributed by atoms with van der Waals surface area (Å²) in [6.45, 7) is 9.81. The number of amides is 1. The Morgan fingerprint density at radius 3 is 2.37 bits per heavy atom. The predicted octanol–water partition coefficient (Wildman–Crippen LogP) is 2.31. The van der Waals surface area contributed by atoms with E-state index < -0.39 is 5.72 Å². The molecule has 19 heavy (non-hydrogen) atoms. The Bertz CT molecular complexity index is 298. The number of hydrogen-bond donors (Lipinski definition) is 0. The summed E-state index contributed by atoms with van der Waals surface area (Å²) in [6, 6.07) is 0. The average molecular weight is 272 g/mol. The highest BCUT2D eigenvalue weighted by Gasteiger charge is 2.49. The minimum absolute atomic E-state index is 0.280. The highest BCUT2D eigenvalue weighted by atomic mass is 16.6. The number of nitrogens with zero attached hydrogens (tertiary/aromatic N) is 2. The Morgan fingerprint density at radius 2 is 1.89 bits per heavy atom. The van der Waals surface area contributed by atoms with Gasteiger partial charge in [-0.3, -0.25) is 4.90 Å². The Kier molecular flexibility index (Phi) is 5.21. The SMILES string of the molecule is CN(C)CCCCOC(=O)N1C(C)(C)COC1(C)C.